The van der Waals surface area contributed by atoms with Crippen LogP contribution in [0.4, 0.5) is 10.5 Å². The molecule has 1 fully saturated rings. The SMILES string of the molecule is CCCCC(=O)N1CCCN(C(=O)Nc2cccc(Cl)c2)CC1. The first-order valence-electron chi connectivity index (χ1n) is 8.19. The molecule has 126 valence electrons. The Morgan fingerprint density at radius 2 is 1.91 bits per heavy atom. The topological polar surface area (TPSA) is 52.7 Å². The van der Waals surface area contributed by atoms with Crippen molar-refractivity contribution in [3.8, 4) is 0 Å². The zero-order valence-electron chi connectivity index (χ0n) is 13.6. The third-order valence-electron chi connectivity index (χ3n) is 3.96. The summed E-state index contributed by atoms with van der Waals surface area (Å²) in [4.78, 5) is 28.1. The van der Waals surface area contributed by atoms with E-state index >= 15 is 0 Å². The Hall–Kier alpha value is -1.75. The Bertz CT molecular complexity index is 550. The summed E-state index contributed by atoms with van der Waals surface area (Å²) in [7, 11) is 0. The molecule has 1 heterocycles. The molecule has 0 aromatic heterocycles. The number of hydrogen-bond donors (Lipinski definition) is 1. The molecule has 0 radical (unpaired) electrons. The number of halogens is 1. The van der Waals surface area contributed by atoms with Gasteiger partial charge in [0.1, 0.15) is 0 Å². The summed E-state index contributed by atoms with van der Waals surface area (Å²) >= 11 is 5.93. The van der Waals surface area contributed by atoms with E-state index in [0.717, 1.165) is 25.8 Å². The van der Waals surface area contributed by atoms with E-state index in [1.807, 2.05) is 11.0 Å². The second-order valence-electron chi connectivity index (χ2n) is 5.77. The van der Waals surface area contributed by atoms with Gasteiger partial charge in [0.25, 0.3) is 0 Å². The fourth-order valence-corrected chi connectivity index (χ4v) is 2.82. The van der Waals surface area contributed by atoms with E-state index in [0.29, 0.717) is 36.8 Å². The minimum atomic E-state index is -0.143. The Kier molecular flexibility index (Phi) is 6.71. The highest BCUT2D eigenvalue weighted by Gasteiger charge is 2.21. The van der Waals surface area contributed by atoms with Crippen LogP contribution in [-0.2, 0) is 4.79 Å². The van der Waals surface area contributed by atoms with Crippen LogP contribution in [0.15, 0.2) is 24.3 Å². The van der Waals surface area contributed by atoms with Crippen LogP contribution < -0.4 is 5.32 Å². The third-order valence-corrected chi connectivity index (χ3v) is 4.19. The van der Waals surface area contributed by atoms with Gasteiger partial charge in [0, 0.05) is 43.3 Å². The molecule has 5 nitrogen and oxygen atoms in total. The van der Waals surface area contributed by atoms with Crippen molar-refractivity contribution < 1.29 is 9.59 Å². The van der Waals surface area contributed by atoms with Crippen molar-refractivity contribution in [2.24, 2.45) is 0 Å². The number of carbonyl (C=O) groups is 2. The summed E-state index contributed by atoms with van der Waals surface area (Å²) in [6, 6.07) is 6.95. The van der Waals surface area contributed by atoms with E-state index in [4.69, 9.17) is 11.6 Å². The second kappa shape index (κ2) is 8.77. The summed E-state index contributed by atoms with van der Waals surface area (Å²) in [6.45, 7) is 4.63. The van der Waals surface area contributed by atoms with E-state index in [2.05, 4.69) is 12.2 Å². The van der Waals surface area contributed by atoms with Crippen LogP contribution in [-0.4, -0.2) is 47.9 Å². The lowest BCUT2D eigenvalue weighted by Crippen LogP contribution is -2.39. The first-order valence-corrected chi connectivity index (χ1v) is 8.57. The monoisotopic (exact) mass is 337 g/mol. The van der Waals surface area contributed by atoms with Gasteiger partial charge in [-0.2, -0.15) is 0 Å². The summed E-state index contributed by atoms with van der Waals surface area (Å²) < 4.78 is 0. The molecule has 2 rings (SSSR count). The lowest BCUT2D eigenvalue weighted by Gasteiger charge is -2.22. The van der Waals surface area contributed by atoms with Crippen molar-refractivity contribution in [1.29, 1.82) is 0 Å². The molecule has 1 aliphatic heterocycles. The third kappa shape index (κ3) is 5.43. The maximum absolute atomic E-state index is 12.3. The predicted molar refractivity (Wildman–Crippen MR) is 92.8 cm³/mol. The molecule has 1 saturated heterocycles. The molecular formula is C17H24ClN3O2. The molecule has 0 spiro atoms. The van der Waals surface area contributed by atoms with Gasteiger partial charge in [-0.05, 0) is 31.0 Å². The largest absolute Gasteiger partial charge is 0.341 e. The van der Waals surface area contributed by atoms with Gasteiger partial charge >= 0.3 is 6.03 Å². The molecule has 1 aliphatic rings. The molecule has 0 atom stereocenters. The summed E-state index contributed by atoms with van der Waals surface area (Å²) in [5, 5.41) is 3.45. The van der Waals surface area contributed by atoms with Crippen LogP contribution in [0, 0.1) is 0 Å². The zero-order valence-corrected chi connectivity index (χ0v) is 14.3. The normalized spacial score (nSPS) is 15.2. The van der Waals surface area contributed by atoms with Crippen molar-refractivity contribution in [2.45, 2.75) is 32.6 Å². The number of anilines is 1. The molecule has 0 saturated carbocycles. The number of benzene rings is 1. The van der Waals surface area contributed by atoms with Gasteiger partial charge in [0.05, 0.1) is 0 Å². The Morgan fingerprint density at radius 3 is 2.65 bits per heavy atom. The van der Waals surface area contributed by atoms with Crippen molar-refractivity contribution in [3.05, 3.63) is 29.3 Å². The van der Waals surface area contributed by atoms with Crippen LogP contribution in [0.2, 0.25) is 5.02 Å². The highest BCUT2D eigenvalue weighted by atomic mass is 35.5. The highest BCUT2D eigenvalue weighted by Crippen LogP contribution is 2.16. The lowest BCUT2D eigenvalue weighted by atomic mass is 10.2. The molecule has 0 bridgehead atoms. The van der Waals surface area contributed by atoms with Crippen molar-refractivity contribution in [1.82, 2.24) is 9.80 Å². The number of nitrogens with zero attached hydrogens (tertiary/aromatic N) is 2. The molecule has 6 heteroatoms. The van der Waals surface area contributed by atoms with Crippen LogP contribution in [0.3, 0.4) is 0 Å². The van der Waals surface area contributed by atoms with Gasteiger partial charge < -0.3 is 15.1 Å². The fraction of sp³-hybridized carbons (Fsp3) is 0.529. The van der Waals surface area contributed by atoms with Gasteiger partial charge in [-0.1, -0.05) is 31.0 Å². The van der Waals surface area contributed by atoms with Crippen molar-refractivity contribution in [2.75, 3.05) is 31.5 Å². The molecule has 0 aliphatic carbocycles. The Labute approximate surface area is 142 Å². The first-order chi connectivity index (χ1) is 11.1. The average Bonchev–Trinajstić information content (AvgIpc) is 2.78. The average molecular weight is 338 g/mol. The van der Waals surface area contributed by atoms with Gasteiger partial charge in [-0.25, -0.2) is 4.79 Å². The van der Waals surface area contributed by atoms with E-state index in [-0.39, 0.29) is 11.9 Å². The number of amides is 3. The first kappa shape index (κ1) is 17.6. The minimum absolute atomic E-state index is 0.143. The van der Waals surface area contributed by atoms with E-state index in [1.165, 1.54) is 0 Å². The van der Waals surface area contributed by atoms with E-state index in [9.17, 15) is 9.59 Å². The standard InChI is InChI=1S/C17H24ClN3O2/c1-2-3-8-16(22)20-9-5-10-21(12-11-20)17(23)19-15-7-4-6-14(18)13-15/h4,6-7,13H,2-3,5,8-12H2,1H3,(H,19,23). The van der Waals surface area contributed by atoms with Gasteiger partial charge in [0.15, 0.2) is 0 Å². The molecule has 3 amide bonds. The van der Waals surface area contributed by atoms with Crippen LogP contribution in [0.1, 0.15) is 32.6 Å². The number of carbonyl (C=O) groups excluding carboxylic acids is 2. The van der Waals surface area contributed by atoms with Gasteiger partial charge in [0.2, 0.25) is 5.91 Å². The van der Waals surface area contributed by atoms with E-state index < -0.39 is 0 Å². The second-order valence-corrected chi connectivity index (χ2v) is 6.20. The number of hydrogen-bond acceptors (Lipinski definition) is 2. The summed E-state index contributed by atoms with van der Waals surface area (Å²) in [5.74, 6) is 0.198. The maximum atomic E-state index is 12.3. The number of rotatable bonds is 4. The molecular weight excluding hydrogens is 314 g/mol. The molecule has 1 aromatic rings. The number of unbranched alkanes of at least 4 members (excludes halogenated alkanes) is 1. The highest BCUT2D eigenvalue weighted by molar-refractivity contribution is 6.30. The maximum Gasteiger partial charge on any atom is 0.321 e. The fourth-order valence-electron chi connectivity index (χ4n) is 2.62. The Balaban J connectivity index is 1.87. The van der Waals surface area contributed by atoms with Crippen LogP contribution >= 0.6 is 11.6 Å². The minimum Gasteiger partial charge on any atom is -0.341 e. The molecule has 1 N–H and O–H groups in total. The lowest BCUT2D eigenvalue weighted by molar-refractivity contribution is -0.131. The van der Waals surface area contributed by atoms with Gasteiger partial charge in [-0.15, -0.1) is 0 Å². The van der Waals surface area contributed by atoms with E-state index in [1.54, 1.807) is 23.1 Å². The quantitative estimate of drug-likeness (QED) is 0.912. The number of urea groups is 1. The Morgan fingerprint density at radius 1 is 1.17 bits per heavy atom. The van der Waals surface area contributed by atoms with Gasteiger partial charge in [-0.3, -0.25) is 4.79 Å². The van der Waals surface area contributed by atoms with Crippen LogP contribution in [0.5, 0.6) is 0 Å². The summed E-state index contributed by atoms with van der Waals surface area (Å²) in [6.07, 6.45) is 3.36. The molecule has 0 unspecified atom stereocenters. The van der Waals surface area contributed by atoms with Crippen LogP contribution in [0.25, 0.3) is 0 Å². The predicted octanol–water partition coefficient (Wildman–Crippen LogP) is 3.60. The number of nitrogens with one attached hydrogen (secondary N) is 1. The summed E-state index contributed by atoms with van der Waals surface area (Å²) in [5.41, 5.74) is 0.683. The van der Waals surface area contributed by atoms with Crippen molar-refractivity contribution in [3.63, 3.8) is 0 Å². The molecule has 1 aromatic carbocycles. The molecule has 23 heavy (non-hydrogen) atoms. The smallest absolute Gasteiger partial charge is 0.321 e. The zero-order chi connectivity index (χ0) is 16.7. The van der Waals surface area contributed by atoms with Crippen molar-refractivity contribution >= 4 is 29.2 Å².